The number of methoxy groups -OCH3 is 1. The second-order valence-electron chi connectivity index (χ2n) is 8.14. The summed E-state index contributed by atoms with van der Waals surface area (Å²) in [6, 6.07) is 2.81. The molecule has 1 amide bonds. The minimum atomic E-state index is -0.549. The van der Waals surface area contributed by atoms with Crippen molar-refractivity contribution in [2.75, 3.05) is 38.2 Å². The van der Waals surface area contributed by atoms with Crippen molar-refractivity contribution in [2.24, 2.45) is 0 Å². The molecule has 0 N–H and O–H groups in total. The number of pyridine rings is 1. The number of anilines is 1. The van der Waals surface area contributed by atoms with Crippen LogP contribution < -0.4 is 9.64 Å². The number of hydrogen-bond donors (Lipinski definition) is 0. The zero-order valence-corrected chi connectivity index (χ0v) is 19.3. The Morgan fingerprint density at radius 3 is 2.44 bits per heavy atom. The molecule has 2 aromatic heterocycles. The number of halogens is 1. The number of aromatic nitrogens is 3. The zero-order valence-electron chi connectivity index (χ0n) is 18.5. The number of ether oxygens (including phenoxy) is 3. The molecule has 10 nitrogen and oxygen atoms in total. The Kier molecular flexibility index (Phi) is 7.34. The summed E-state index contributed by atoms with van der Waals surface area (Å²) >= 11 is 5.96. The van der Waals surface area contributed by atoms with Crippen LogP contribution in [0.3, 0.4) is 0 Å². The van der Waals surface area contributed by atoms with Gasteiger partial charge in [0.1, 0.15) is 10.8 Å². The lowest BCUT2D eigenvalue weighted by molar-refractivity contribution is 0.0263. The van der Waals surface area contributed by atoms with Crippen LogP contribution in [0, 0.1) is 0 Å². The van der Waals surface area contributed by atoms with Crippen LogP contribution in [0.1, 0.15) is 37.6 Å². The standard InChI is InChI=1S/C21H26ClN5O5/c1-21(2,3)32-20(29)27-7-5-6-26(8-9-27)19-23-12-15(13-24-19)31-17-11-14(18(28)30-4)10-16(22)25-17/h10-13H,5-9H2,1-4H3. The monoisotopic (exact) mass is 463 g/mol. The second-order valence-corrected chi connectivity index (χ2v) is 8.52. The van der Waals surface area contributed by atoms with Crippen molar-refractivity contribution in [2.45, 2.75) is 32.8 Å². The fraction of sp³-hybridized carbons (Fsp3) is 0.476. The van der Waals surface area contributed by atoms with Gasteiger partial charge in [0.25, 0.3) is 0 Å². The van der Waals surface area contributed by atoms with Crippen molar-refractivity contribution >= 4 is 29.6 Å². The van der Waals surface area contributed by atoms with E-state index in [0.717, 1.165) is 6.42 Å². The molecule has 0 aromatic carbocycles. The van der Waals surface area contributed by atoms with E-state index in [9.17, 15) is 9.59 Å². The highest BCUT2D eigenvalue weighted by Crippen LogP contribution is 2.23. The summed E-state index contributed by atoms with van der Waals surface area (Å²) in [6.45, 7) is 7.95. The van der Waals surface area contributed by atoms with Gasteiger partial charge in [-0.05, 0) is 33.3 Å². The molecule has 32 heavy (non-hydrogen) atoms. The van der Waals surface area contributed by atoms with E-state index in [4.69, 9.17) is 25.8 Å². The first-order chi connectivity index (χ1) is 15.1. The summed E-state index contributed by atoms with van der Waals surface area (Å²) in [5, 5.41) is 0.0968. The van der Waals surface area contributed by atoms with Gasteiger partial charge in [-0.2, -0.15) is 0 Å². The Hall–Kier alpha value is -3.14. The van der Waals surface area contributed by atoms with Crippen LogP contribution in [0.5, 0.6) is 11.6 Å². The van der Waals surface area contributed by atoms with E-state index in [0.29, 0.717) is 37.9 Å². The van der Waals surface area contributed by atoms with Crippen LogP contribution in [0.25, 0.3) is 0 Å². The second kappa shape index (κ2) is 9.99. The van der Waals surface area contributed by atoms with Crippen molar-refractivity contribution in [3.63, 3.8) is 0 Å². The van der Waals surface area contributed by atoms with E-state index >= 15 is 0 Å². The topological polar surface area (TPSA) is 107 Å². The highest BCUT2D eigenvalue weighted by molar-refractivity contribution is 6.29. The molecule has 1 saturated heterocycles. The van der Waals surface area contributed by atoms with Crippen LogP contribution in [0.4, 0.5) is 10.7 Å². The number of rotatable bonds is 4. The van der Waals surface area contributed by atoms with Crippen molar-refractivity contribution in [1.82, 2.24) is 19.9 Å². The lowest BCUT2D eigenvalue weighted by Gasteiger charge is -2.26. The average Bonchev–Trinajstić information content (AvgIpc) is 2.98. The molecule has 3 rings (SSSR count). The first kappa shape index (κ1) is 23.5. The van der Waals surface area contributed by atoms with Gasteiger partial charge in [0.05, 0.1) is 25.1 Å². The summed E-state index contributed by atoms with van der Waals surface area (Å²) in [4.78, 5) is 40.5. The first-order valence-corrected chi connectivity index (χ1v) is 10.5. The van der Waals surface area contributed by atoms with Gasteiger partial charge in [-0.15, -0.1) is 0 Å². The Morgan fingerprint density at radius 2 is 1.78 bits per heavy atom. The van der Waals surface area contributed by atoms with Crippen LogP contribution in [-0.4, -0.2) is 70.8 Å². The fourth-order valence-corrected chi connectivity index (χ4v) is 3.23. The predicted octanol–water partition coefficient (Wildman–Crippen LogP) is 3.55. The SMILES string of the molecule is COC(=O)c1cc(Cl)nc(Oc2cnc(N3CCCN(C(=O)OC(C)(C)C)CC3)nc2)c1. The number of nitrogens with zero attached hydrogens (tertiary/aromatic N) is 5. The van der Waals surface area contributed by atoms with E-state index in [1.54, 1.807) is 4.90 Å². The van der Waals surface area contributed by atoms with E-state index < -0.39 is 11.6 Å². The van der Waals surface area contributed by atoms with Gasteiger partial charge in [-0.1, -0.05) is 11.6 Å². The van der Waals surface area contributed by atoms with Crippen molar-refractivity contribution < 1.29 is 23.8 Å². The summed E-state index contributed by atoms with van der Waals surface area (Å²) in [5.41, 5.74) is -0.309. The van der Waals surface area contributed by atoms with Gasteiger partial charge in [0.2, 0.25) is 11.8 Å². The molecule has 1 fully saturated rings. The molecule has 3 heterocycles. The molecule has 0 unspecified atom stereocenters. The van der Waals surface area contributed by atoms with Gasteiger partial charge in [-0.3, -0.25) is 0 Å². The number of carbonyl (C=O) groups is 2. The molecule has 11 heteroatoms. The first-order valence-electron chi connectivity index (χ1n) is 10.1. The van der Waals surface area contributed by atoms with Crippen LogP contribution in [-0.2, 0) is 9.47 Å². The molecule has 0 radical (unpaired) electrons. The smallest absolute Gasteiger partial charge is 0.410 e. The molecule has 0 aliphatic carbocycles. The third kappa shape index (κ3) is 6.43. The van der Waals surface area contributed by atoms with Crippen LogP contribution >= 0.6 is 11.6 Å². The van der Waals surface area contributed by atoms with Gasteiger partial charge in [0, 0.05) is 32.2 Å². The van der Waals surface area contributed by atoms with Gasteiger partial charge >= 0.3 is 12.1 Å². The quantitative estimate of drug-likeness (QED) is 0.496. The highest BCUT2D eigenvalue weighted by Gasteiger charge is 2.25. The van der Waals surface area contributed by atoms with E-state index in [2.05, 4.69) is 15.0 Å². The van der Waals surface area contributed by atoms with E-state index in [1.165, 1.54) is 31.6 Å². The Bertz CT molecular complexity index is 964. The Morgan fingerprint density at radius 1 is 1.06 bits per heavy atom. The summed E-state index contributed by atoms with van der Waals surface area (Å²) in [6.07, 6.45) is 3.48. The van der Waals surface area contributed by atoms with Gasteiger partial charge in [0.15, 0.2) is 5.75 Å². The molecule has 0 atom stereocenters. The minimum Gasteiger partial charge on any atom is -0.465 e. The Labute approximate surface area is 191 Å². The molecule has 2 aromatic rings. The van der Waals surface area contributed by atoms with Crippen molar-refractivity contribution in [3.05, 3.63) is 35.2 Å². The number of amides is 1. The molecule has 172 valence electrons. The van der Waals surface area contributed by atoms with E-state index in [1.807, 2.05) is 25.7 Å². The maximum atomic E-state index is 12.3. The normalized spacial score (nSPS) is 14.5. The summed E-state index contributed by atoms with van der Waals surface area (Å²) in [7, 11) is 1.28. The number of esters is 1. The lowest BCUT2D eigenvalue weighted by atomic mass is 10.2. The fourth-order valence-electron chi connectivity index (χ4n) is 3.03. The zero-order chi connectivity index (χ0) is 23.3. The maximum Gasteiger partial charge on any atom is 0.410 e. The third-order valence-corrected chi connectivity index (χ3v) is 4.65. The predicted molar refractivity (Wildman–Crippen MR) is 117 cm³/mol. The molecule has 0 bridgehead atoms. The largest absolute Gasteiger partial charge is 0.465 e. The Balaban J connectivity index is 1.63. The third-order valence-electron chi connectivity index (χ3n) is 4.46. The van der Waals surface area contributed by atoms with Crippen LogP contribution in [0.2, 0.25) is 5.15 Å². The summed E-state index contributed by atoms with van der Waals surface area (Å²) in [5.74, 6) is 0.437. The van der Waals surface area contributed by atoms with Gasteiger partial charge in [-0.25, -0.2) is 24.5 Å². The van der Waals surface area contributed by atoms with Crippen LogP contribution in [0.15, 0.2) is 24.5 Å². The minimum absolute atomic E-state index is 0.0968. The number of hydrogen-bond acceptors (Lipinski definition) is 9. The average molecular weight is 464 g/mol. The molecular formula is C21H26ClN5O5. The molecule has 0 saturated carbocycles. The highest BCUT2D eigenvalue weighted by atomic mass is 35.5. The number of carbonyl (C=O) groups excluding carboxylic acids is 2. The molecule has 1 aliphatic heterocycles. The van der Waals surface area contributed by atoms with E-state index in [-0.39, 0.29) is 22.7 Å². The molecule has 0 spiro atoms. The lowest BCUT2D eigenvalue weighted by Crippen LogP contribution is -2.39. The molecule has 1 aliphatic rings. The molecular weight excluding hydrogens is 438 g/mol. The van der Waals surface area contributed by atoms with Crippen molar-refractivity contribution in [3.8, 4) is 11.6 Å². The van der Waals surface area contributed by atoms with Gasteiger partial charge < -0.3 is 24.0 Å². The summed E-state index contributed by atoms with van der Waals surface area (Å²) < 4.78 is 15.8. The van der Waals surface area contributed by atoms with Crippen molar-refractivity contribution in [1.29, 1.82) is 0 Å². The maximum absolute atomic E-state index is 12.3.